The van der Waals surface area contributed by atoms with Gasteiger partial charge in [0.05, 0.1) is 0 Å². The summed E-state index contributed by atoms with van der Waals surface area (Å²) < 4.78 is 0. The maximum atomic E-state index is 10.5. The molecule has 4 N–H and O–H groups in total. The minimum Gasteiger partial charge on any atom is -0.477 e. The van der Waals surface area contributed by atoms with E-state index in [1.54, 1.807) is 6.07 Å². The Morgan fingerprint density at radius 1 is 1.75 bits per heavy atom. The predicted molar refractivity (Wildman–Crippen MR) is 45.2 cm³/mol. The lowest BCUT2D eigenvalue weighted by Crippen LogP contribution is -2.04. The molecule has 1 heterocycles. The van der Waals surface area contributed by atoms with Crippen molar-refractivity contribution < 1.29 is 9.90 Å². The molecule has 1 aromatic heterocycles. The Balaban J connectivity index is 2.92. The van der Waals surface area contributed by atoms with Gasteiger partial charge in [-0.2, -0.15) is 0 Å². The molecule has 66 valence electrons. The van der Waals surface area contributed by atoms with Crippen LogP contribution in [-0.4, -0.2) is 22.6 Å². The van der Waals surface area contributed by atoms with E-state index in [1.807, 2.05) is 6.92 Å². The van der Waals surface area contributed by atoms with Crippen molar-refractivity contribution in [3.8, 4) is 0 Å². The normalized spacial score (nSPS) is 10.2. The van der Waals surface area contributed by atoms with Crippen molar-refractivity contribution >= 4 is 5.97 Å². The summed E-state index contributed by atoms with van der Waals surface area (Å²) in [4.78, 5) is 13.3. The zero-order valence-corrected chi connectivity index (χ0v) is 6.92. The Labute approximate surface area is 70.4 Å². The third kappa shape index (κ3) is 1.65. The molecular formula is C8H12N2O2. The van der Waals surface area contributed by atoms with E-state index >= 15 is 0 Å². The Morgan fingerprint density at radius 2 is 2.42 bits per heavy atom. The molecule has 4 nitrogen and oxygen atoms in total. The van der Waals surface area contributed by atoms with Gasteiger partial charge in [0.25, 0.3) is 0 Å². The van der Waals surface area contributed by atoms with Crippen LogP contribution in [0.4, 0.5) is 0 Å². The van der Waals surface area contributed by atoms with Crippen molar-refractivity contribution in [2.75, 3.05) is 6.54 Å². The number of nitrogens with one attached hydrogen (secondary N) is 1. The van der Waals surface area contributed by atoms with Gasteiger partial charge < -0.3 is 15.8 Å². The molecule has 0 aromatic carbocycles. The molecule has 0 radical (unpaired) electrons. The summed E-state index contributed by atoms with van der Waals surface area (Å²) in [5.74, 6) is -0.929. The van der Waals surface area contributed by atoms with Crippen LogP contribution in [0.25, 0.3) is 0 Å². The van der Waals surface area contributed by atoms with E-state index in [0.29, 0.717) is 13.0 Å². The topological polar surface area (TPSA) is 79.1 Å². The fourth-order valence-corrected chi connectivity index (χ4v) is 1.12. The highest BCUT2D eigenvalue weighted by Gasteiger charge is 2.08. The summed E-state index contributed by atoms with van der Waals surface area (Å²) in [5, 5.41) is 8.63. The monoisotopic (exact) mass is 168 g/mol. The minimum atomic E-state index is -0.929. The van der Waals surface area contributed by atoms with Gasteiger partial charge in [-0.3, -0.25) is 0 Å². The Morgan fingerprint density at radius 3 is 2.83 bits per heavy atom. The fourth-order valence-electron chi connectivity index (χ4n) is 1.12. The number of hydrogen-bond acceptors (Lipinski definition) is 2. The zero-order valence-electron chi connectivity index (χ0n) is 6.92. The molecule has 0 unspecified atom stereocenters. The van der Waals surface area contributed by atoms with Crippen molar-refractivity contribution in [3.63, 3.8) is 0 Å². The number of carboxylic acid groups (broad SMARTS) is 1. The molecule has 0 amide bonds. The van der Waals surface area contributed by atoms with Gasteiger partial charge in [-0.15, -0.1) is 0 Å². The van der Waals surface area contributed by atoms with Gasteiger partial charge in [-0.05, 0) is 31.5 Å². The van der Waals surface area contributed by atoms with Crippen LogP contribution in [-0.2, 0) is 6.42 Å². The number of aromatic nitrogens is 1. The van der Waals surface area contributed by atoms with Crippen LogP contribution in [0.2, 0.25) is 0 Å². The van der Waals surface area contributed by atoms with E-state index in [0.717, 1.165) is 11.3 Å². The Hall–Kier alpha value is -1.29. The average molecular weight is 168 g/mol. The smallest absolute Gasteiger partial charge is 0.352 e. The van der Waals surface area contributed by atoms with Crippen LogP contribution in [0.3, 0.4) is 0 Å². The number of hydrogen-bond donors (Lipinski definition) is 3. The summed E-state index contributed by atoms with van der Waals surface area (Å²) in [6.07, 6.45) is 0.694. The van der Waals surface area contributed by atoms with E-state index in [9.17, 15) is 4.79 Å². The number of nitrogens with two attached hydrogens (primary N) is 1. The summed E-state index contributed by atoms with van der Waals surface area (Å²) in [6, 6.07) is 1.62. The molecule has 0 saturated carbocycles. The molecule has 0 aliphatic rings. The van der Waals surface area contributed by atoms with E-state index in [4.69, 9.17) is 10.8 Å². The van der Waals surface area contributed by atoms with Gasteiger partial charge in [-0.25, -0.2) is 4.79 Å². The fraction of sp³-hybridized carbons (Fsp3) is 0.375. The van der Waals surface area contributed by atoms with Gasteiger partial charge in [0.1, 0.15) is 5.69 Å². The maximum absolute atomic E-state index is 10.5. The van der Waals surface area contributed by atoms with Crippen LogP contribution < -0.4 is 5.73 Å². The van der Waals surface area contributed by atoms with Crippen LogP contribution in [0, 0.1) is 6.92 Å². The second-order valence-electron chi connectivity index (χ2n) is 2.69. The number of carboxylic acids is 1. The molecule has 0 fully saturated rings. The quantitative estimate of drug-likeness (QED) is 0.615. The minimum absolute atomic E-state index is 0.232. The zero-order chi connectivity index (χ0) is 9.14. The summed E-state index contributed by atoms with van der Waals surface area (Å²) in [6.45, 7) is 2.40. The number of rotatable bonds is 3. The van der Waals surface area contributed by atoms with Crippen molar-refractivity contribution in [2.24, 2.45) is 5.73 Å². The van der Waals surface area contributed by atoms with Crippen molar-refractivity contribution in [2.45, 2.75) is 13.3 Å². The first kappa shape index (κ1) is 8.80. The molecule has 0 aliphatic heterocycles. The standard InChI is InChI=1S/C8H12N2O2/c1-5-4-7(8(11)12)10-6(5)2-3-9/h4,10H,2-3,9H2,1H3,(H,11,12). The van der Waals surface area contributed by atoms with E-state index in [-0.39, 0.29) is 5.69 Å². The third-order valence-corrected chi connectivity index (χ3v) is 1.75. The maximum Gasteiger partial charge on any atom is 0.352 e. The molecule has 4 heteroatoms. The van der Waals surface area contributed by atoms with E-state index in [2.05, 4.69) is 4.98 Å². The average Bonchev–Trinajstić information content (AvgIpc) is 2.34. The van der Waals surface area contributed by atoms with Crippen LogP contribution >= 0.6 is 0 Å². The second-order valence-corrected chi connectivity index (χ2v) is 2.69. The van der Waals surface area contributed by atoms with Crippen molar-refractivity contribution in [1.29, 1.82) is 0 Å². The van der Waals surface area contributed by atoms with Crippen LogP contribution in [0.5, 0.6) is 0 Å². The molecule has 0 aliphatic carbocycles. The van der Waals surface area contributed by atoms with Gasteiger partial charge in [0.2, 0.25) is 0 Å². The second kappa shape index (κ2) is 3.40. The van der Waals surface area contributed by atoms with Gasteiger partial charge in [-0.1, -0.05) is 0 Å². The first-order valence-corrected chi connectivity index (χ1v) is 3.77. The molecule has 0 atom stereocenters. The lowest BCUT2D eigenvalue weighted by molar-refractivity contribution is 0.0691. The van der Waals surface area contributed by atoms with Gasteiger partial charge in [0.15, 0.2) is 0 Å². The van der Waals surface area contributed by atoms with Gasteiger partial charge in [0, 0.05) is 5.69 Å². The lowest BCUT2D eigenvalue weighted by atomic mass is 10.2. The molecule has 12 heavy (non-hydrogen) atoms. The summed E-state index contributed by atoms with van der Waals surface area (Å²) in [7, 11) is 0. The molecule has 1 aromatic rings. The van der Waals surface area contributed by atoms with Crippen molar-refractivity contribution in [3.05, 3.63) is 23.0 Å². The third-order valence-electron chi connectivity index (χ3n) is 1.75. The van der Waals surface area contributed by atoms with Crippen LogP contribution in [0.15, 0.2) is 6.07 Å². The van der Waals surface area contributed by atoms with E-state index < -0.39 is 5.97 Å². The highest BCUT2D eigenvalue weighted by molar-refractivity contribution is 5.85. The number of aromatic amines is 1. The largest absolute Gasteiger partial charge is 0.477 e. The highest BCUT2D eigenvalue weighted by atomic mass is 16.4. The molecule has 0 saturated heterocycles. The first-order valence-electron chi connectivity index (χ1n) is 3.77. The number of aromatic carboxylic acids is 1. The number of carbonyl (C=O) groups is 1. The van der Waals surface area contributed by atoms with Crippen molar-refractivity contribution in [1.82, 2.24) is 4.98 Å². The molecular weight excluding hydrogens is 156 g/mol. The highest BCUT2D eigenvalue weighted by Crippen LogP contribution is 2.09. The predicted octanol–water partition coefficient (Wildman–Crippen LogP) is 0.523. The first-order chi connectivity index (χ1) is 5.65. The number of aryl methyl sites for hydroxylation is 1. The summed E-state index contributed by atoms with van der Waals surface area (Å²) in [5.41, 5.74) is 7.45. The van der Waals surface area contributed by atoms with Gasteiger partial charge >= 0.3 is 5.97 Å². The Kier molecular flexibility index (Phi) is 2.50. The number of H-pyrrole nitrogens is 1. The Bertz CT molecular complexity index is 291. The molecule has 0 bridgehead atoms. The molecule has 1 rings (SSSR count). The SMILES string of the molecule is Cc1cc(C(=O)O)[nH]c1CCN. The lowest BCUT2D eigenvalue weighted by Gasteiger charge is -1.94. The van der Waals surface area contributed by atoms with E-state index in [1.165, 1.54) is 0 Å². The summed E-state index contributed by atoms with van der Waals surface area (Å²) >= 11 is 0. The van der Waals surface area contributed by atoms with Crippen LogP contribution in [0.1, 0.15) is 21.7 Å². The molecule has 0 spiro atoms.